The maximum absolute atomic E-state index is 13.4. The van der Waals surface area contributed by atoms with Gasteiger partial charge in [-0.3, -0.25) is 0 Å². The van der Waals surface area contributed by atoms with E-state index in [2.05, 4.69) is 0 Å². The van der Waals surface area contributed by atoms with Crippen LogP contribution < -0.4 is 0 Å². The topological polar surface area (TPSA) is 97.4 Å². The van der Waals surface area contributed by atoms with Crippen molar-refractivity contribution in [2.75, 3.05) is 33.0 Å². The van der Waals surface area contributed by atoms with Crippen LogP contribution in [0.15, 0.2) is 0 Å². The molecule has 0 rings (SSSR count). The maximum atomic E-state index is 13.4. The molecule has 0 aromatic carbocycles. The highest BCUT2D eigenvalue weighted by atomic mass is 32.8. The van der Waals surface area contributed by atoms with Gasteiger partial charge in [0.15, 0.2) is 4.58 Å². The summed E-state index contributed by atoms with van der Waals surface area (Å²) in [6.07, 6.45) is 6.27. The van der Waals surface area contributed by atoms with E-state index in [-0.39, 0.29) is 33.0 Å². The van der Waals surface area contributed by atoms with Gasteiger partial charge < -0.3 is 22.8 Å². The van der Waals surface area contributed by atoms with Crippen LogP contribution in [-0.4, -0.2) is 43.6 Å². The van der Waals surface area contributed by atoms with E-state index in [1.807, 2.05) is 27.7 Å². The third kappa shape index (κ3) is 15.4. The SMILES string of the molecule is CCCCOP(=O)(OCCCC)SC(SP(=O)(OCCCC)OCCCC)C(=O)OCC. The first kappa shape index (κ1) is 32.5. The number of hydrogen-bond acceptors (Lipinski definition) is 10. The molecule has 0 fully saturated rings. The lowest BCUT2D eigenvalue weighted by Gasteiger charge is -2.24. The molecule has 0 radical (unpaired) electrons. The molecular formula is C20H42O8P2S2. The number of esters is 1. The van der Waals surface area contributed by atoms with E-state index in [9.17, 15) is 13.9 Å². The molecule has 0 aromatic heterocycles. The summed E-state index contributed by atoms with van der Waals surface area (Å²) >= 11 is 1.43. The standard InChI is InChI=1S/C20H42O8P2S2/c1-6-11-15-25-29(22,26-16-12-7-2)31-20(19(21)24-10-5)32-30(23,27-17-13-8-3)28-18-14-9-4/h20H,6-18H2,1-5H3. The molecule has 32 heavy (non-hydrogen) atoms. The van der Waals surface area contributed by atoms with Crippen molar-refractivity contribution in [1.29, 1.82) is 0 Å². The van der Waals surface area contributed by atoms with Crippen LogP contribution >= 0.6 is 36.4 Å². The number of unbranched alkanes of at least 4 members (excludes halogenated alkanes) is 4. The molecular weight excluding hydrogens is 494 g/mol. The Morgan fingerprint density at radius 2 is 0.969 bits per heavy atom. The van der Waals surface area contributed by atoms with Crippen molar-refractivity contribution in [1.82, 2.24) is 0 Å². The second-order valence-electron chi connectivity index (χ2n) is 6.94. The molecule has 192 valence electrons. The molecule has 0 aliphatic carbocycles. The molecule has 0 saturated carbocycles. The normalized spacial score (nSPS) is 12.4. The fourth-order valence-electron chi connectivity index (χ4n) is 2.03. The van der Waals surface area contributed by atoms with Crippen molar-refractivity contribution in [3.05, 3.63) is 0 Å². The van der Waals surface area contributed by atoms with Crippen molar-refractivity contribution < 1.29 is 36.8 Å². The Kier molecular flexibility index (Phi) is 20.0. The van der Waals surface area contributed by atoms with Gasteiger partial charge in [0.2, 0.25) is 0 Å². The Bertz CT molecular complexity index is 512. The predicted octanol–water partition coefficient (Wildman–Crippen LogP) is 7.83. The third-order valence-electron chi connectivity index (χ3n) is 3.92. The molecule has 0 bridgehead atoms. The van der Waals surface area contributed by atoms with Gasteiger partial charge in [-0.2, -0.15) is 0 Å². The first-order valence-corrected chi connectivity index (χ1v) is 17.7. The lowest BCUT2D eigenvalue weighted by Crippen LogP contribution is -2.18. The zero-order valence-electron chi connectivity index (χ0n) is 20.2. The highest BCUT2D eigenvalue weighted by Gasteiger charge is 2.41. The Labute approximate surface area is 202 Å². The zero-order chi connectivity index (χ0) is 24.3. The first-order valence-electron chi connectivity index (χ1n) is 11.6. The summed E-state index contributed by atoms with van der Waals surface area (Å²) in [5.74, 6) is -0.667. The van der Waals surface area contributed by atoms with Crippen LogP contribution in [0.2, 0.25) is 0 Å². The van der Waals surface area contributed by atoms with Gasteiger partial charge >= 0.3 is 19.6 Å². The van der Waals surface area contributed by atoms with E-state index in [1.165, 1.54) is 0 Å². The van der Waals surface area contributed by atoms with Crippen molar-refractivity contribution >= 4 is 42.3 Å². The summed E-state index contributed by atoms with van der Waals surface area (Å²) < 4.78 is 53.2. The third-order valence-corrected chi connectivity index (χ3v) is 12.7. The van der Waals surface area contributed by atoms with Crippen LogP contribution in [0.1, 0.15) is 86.0 Å². The van der Waals surface area contributed by atoms with Crippen LogP contribution in [0, 0.1) is 0 Å². The molecule has 0 unspecified atom stereocenters. The molecule has 0 saturated heterocycles. The van der Waals surface area contributed by atoms with Crippen LogP contribution in [0.3, 0.4) is 0 Å². The van der Waals surface area contributed by atoms with Crippen molar-refractivity contribution in [3.8, 4) is 0 Å². The number of carbonyl (C=O) groups is 1. The fraction of sp³-hybridized carbons (Fsp3) is 0.950. The van der Waals surface area contributed by atoms with E-state index in [0.29, 0.717) is 48.4 Å². The Balaban J connectivity index is 5.60. The van der Waals surface area contributed by atoms with Crippen LogP contribution in [0.5, 0.6) is 0 Å². The van der Waals surface area contributed by atoms with Gasteiger partial charge in [0.25, 0.3) is 0 Å². The molecule has 0 atom stereocenters. The number of carbonyl (C=O) groups excluding carboxylic acids is 1. The van der Waals surface area contributed by atoms with Crippen LogP contribution in [0.4, 0.5) is 0 Å². The van der Waals surface area contributed by atoms with Crippen LogP contribution in [0.25, 0.3) is 0 Å². The number of rotatable bonds is 22. The highest BCUT2D eigenvalue weighted by molar-refractivity contribution is 8.66. The molecule has 0 N–H and O–H groups in total. The van der Waals surface area contributed by atoms with E-state index in [1.54, 1.807) is 6.92 Å². The minimum atomic E-state index is -3.70. The average Bonchev–Trinajstić information content (AvgIpc) is 2.74. The molecule has 0 aliphatic rings. The van der Waals surface area contributed by atoms with E-state index < -0.39 is 24.1 Å². The Morgan fingerprint density at radius 1 is 0.656 bits per heavy atom. The first-order chi connectivity index (χ1) is 15.3. The number of ether oxygens (including phenoxy) is 1. The summed E-state index contributed by atoms with van der Waals surface area (Å²) in [7, 11) is 0. The van der Waals surface area contributed by atoms with Crippen molar-refractivity contribution in [3.63, 3.8) is 0 Å². The molecule has 0 aromatic rings. The lowest BCUT2D eigenvalue weighted by molar-refractivity contribution is -0.140. The summed E-state index contributed by atoms with van der Waals surface area (Å²) in [4.78, 5) is 12.7. The van der Waals surface area contributed by atoms with Crippen molar-refractivity contribution in [2.24, 2.45) is 0 Å². The van der Waals surface area contributed by atoms with Gasteiger partial charge in [0.05, 0.1) is 33.0 Å². The largest absolute Gasteiger partial charge is 0.465 e. The molecule has 0 heterocycles. The molecule has 0 spiro atoms. The maximum Gasteiger partial charge on any atom is 0.390 e. The molecule has 0 aliphatic heterocycles. The minimum absolute atomic E-state index is 0.131. The van der Waals surface area contributed by atoms with Gasteiger partial charge in [-0.15, -0.1) is 0 Å². The van der Waals surface area contributed by atoms with Gasteiger partial charge in [0.1, 0.15) is 0 Å². The van der Waals surface area contributed by atoms with Gasteiger partial charge in [-0.1, -0.05) is 53.4 Å². The van der Waals surface area contributed by atoms with Crippen molar-refractivity contribution in [2.45, 2.75) is 90.6 Å². The van der Waals surface area contributed by atoms with Gasteiger partial charge in [0, 0.05) is 0 Å². The molecule has 12 heteroatoms. The molecule has 0 amide bonds. The van der Waals surface area contributed by atoms with Crippen LogP contribution in [-0.2, 0) is 36.8 Å². The quantitative estimate of drug-likeness (QED) is 0.0589. The zero-order valence-corrected chi connectivity index (χ0v) is 23.7. The lowest BCUT2D eigenvalue weighted by atomic mass is 10.4. The van der Waals surface area contributed by atoms with E-state index >= 15 is 0 Å². The minimum Gasteiger partial charge on any atom is -0.465 e. The van der Waals surface area contributed by atoms with Gasteiger partial charge in [-0.05, 0) is 55.4 Å². The monoisotopic (exact) mass is 536 g/mol. The Morgan fingerprint density at radius 3 is 1.22 bits per heavy atom. The molecule has 8 nitrogen and oxygen atoms in total. The summed E-state index contributed by atoms with van der Waals surface area (Å²) in [6, 6.07) is 0. The summed E-state index contributed by atoms with van der Waals surface area (Å²) in [6.45, 7) is 3.35. The predicted molar refractivity (Wildman–Crippen MR) is 134 cm³/mol. The van der Waals surface area contributed by atoms with Gasteiger partial charge in [-0.25, -0.2) is 13.9 Å². The van der Waals surface area contributed by atoms with E-state index in [4.69, 9.17) is 22.8 Å². The fourth-order valence-corrected chi connectivity index (χ4v) is 11.6. The number of hydrogen-bond donors (Lipinski definition) is 0. The highest BCUT2D eigenvalue weighted by Crippen LogP contribution is 2.71. The second-order valence-corrected chi connectivity index (χ2v) is 15.4. The average molecular weight is 537 g/mol. The second kappa shape index (κ2) is 19.7. The summed E-state index contributed by atoms with van der Waals surface area (Å²) in [5, 5.41) is 0. The Hall–Kier alpha value is 0.470. The smallest absolute Gasteiger partial charge is 0.390 e. The van der Waals surface area contributed by atoms with E-state index in [0.717, 1.165) is 25.7 Å². The summed E-state index contributed by atoms with van der Waals surface area (Å²) in [5.41, 5.74) is 0.